The van der Waals surface area contributed by atoms with Gasteiger partial charge in [0.2, 0.25) is 5.91 Å². The average Bonchev–Trinajstić information content (AvgIpc) is 2.89. The van der Waals surface area contributed by atoms with Crippen molar-refractivity contribution in [1.29, 1.82) is 0 Å². The fourth-order valence-electron chi connectivity index (χ4n) is 4.14. The average molecular weight is 510 g/mol. The predicted molar refractivity (Wildman–Crippen MR) is 128 cm³/mol. The predicted octanol–water partition coefficient (Wildman–Crippen LogP) is 1.37. The molecule has 2 amide bonds. The highest BCUT2D eigenvalue weighted by Gasteiger charge is 2.31. The molecule has 0 saturated carbocycles. The molecular weight excluding hydrogens is 474 g/mol. The topological polar surface area (TPSA) is 146 Å². The second-order valence-electron chi connectivity index (χ2n) is 8.35. The molecule has 12 heteroatoms. The van der Waals surface area contributed by atoms with Crippen LogP contribution in [-0.2, 0) is 25.7 Å². The lowest BCUT2D eigenvalue weighted by Gasteiger charge is -2.38. The zero-order chi connectivity index (χ0) is 26.7. The number of benzene rings is 1. The van der Waals surface area contributed by atoms with E-state index in [0.717, 1.165) is 49.5 Å². The van der Waals surface area contributed by atoms with Crippen molar-refractivity contribution in [3.8, 4) is 11.5 Å². The summed E-state index contributed by atoms with van der Waals surface area (Å²) in [6.07, 6.45) is 1.43. The molecule has 1 aromatic rings. The number of hydrogen-bond donors (Lipinski definition) is 2. The molecule has 2 fully saturated rings. The normalized spacial score (nSPS) is 16.4. The summed E-state index contributed by atoms with van der Waals surface area (Å²) in [6, 6.07) is 5.89. The second kappa shape index (κ2) is 14.1. The van der Waals surface area contributed by atoms with Gasteiger partial charge in [0.25, 0.3) is 0 Å². The Morgan fingerprint density at radius 1 is 0.889 bits per heavy atom. The summed E-state index contributed by atoms with van der Waals surface area (Å²) in [7, 11) is 3.32. The lowest BCUT2D eigenvalue weighted by atomic mass is 9.94. The van der Waals surface area contributed by atoms with E-state index >= 15 is 0 Å². The third-order valence-electron chi connectivity index (χ3n) is 6.13. The van der Waals surface area contributed by atoms with E-state index in [0.29, 0.717) is 32.8 Å². The minimum absolute atomic E-state index is 0.0631. The standard InChI is InChI=1S/C22H33N3O5.C2H2O4/c1-4-30-22(27)25-13-11-24(12-14-25)21(26)17-7-9-23(10-8-17)16-18-5-6-19(28-2)15-20(18)29-3;3-1(4)2(5)6/h5-6,15,17H,4,7-14,16H2,1-3H3;(H,3,4)(H,5,6). The summed E-state index contributed by atoms with van der Waals surface area (Å²) in [4.78, 5) is 48.9. The van der Waals surface area contributed by atoms with Gasteiger partial charge in [-0.25, -0.2) is 14.4 Å². The van der Waals surface area contributed by atoms with E-state index in [1.807, 2.05) is 23.1 Å². The van der Waals surface area contributed by atoms with E-state index in [-0.39, 0.29) is 17.9 Å². The number of carboxylic acid groups (broad SMARTS) is 2. The van der Waals surface area contributed by atoms with Crippen LogP contribution in [-0.4, -0.2) is 109 Å². The fourth-order valence-corrected chi connectivity index (χ4v) is 4.14. The van der Waals surface area contributed by atoms with Gasteiger partial charge in [-0.2, -0.15) is 0 Å². The molecule has 12 nitrogen and oxygen atoms in total. The molecule has 2 aliphatic rings. The number of carbonyl (C=O) groups excluding carboxylic acids is 2. The van der Waals surface area contributed by atoms with E-state index in [2.05, 4.69) is 4.90 Å². The Labute approximate surface area is 210 Å². The zero-order valence-corrected chi connectivity index (χ0v) is 21.0. The van der Waals surface area contributed by atoms with Crippen LogP contribution < -0.4 is 9.47 Å². The van der Waals surface area contributed by atoms with Crippen LogP contribution in [0.4, 0.5) is 4.79 Å². The highest BCUT2D eigenvalue weighted by atomic mass is 16.6. The van der Waals surface area contributed by atoms with Crippen LogP contribution in [0.15, 0.2) is 18.2 Å². The van der Waals surface area contributed by atoms with Crippen molar-refractivity contribution >= 4 is 23.9 Å². The summed E-state index contributed by atoms with van der Waals surface area (Å²) in [5.74, 6) is -1.76. The van der Waals surface area contributed by atoms with Crippen LogP contribution in [0.1, 0.15) is 25.3 Å². The largest absolute Gasteiger partial charge is 0.497 e. The molecule has 0 bridgehead atoms. The molecule has 2 saturated heterocycles. The number of carbonyl (C=O) groups is 4. The zero-order valence-electron chi connectivity index (χ0n) is 21.0. The van der Waals surface area contributed by atoms with Crippen molar-refractivity contribution in [2.45, 2.75) is 26.3 Å². The van der Waals surface area contributed by atoms with Gasteiger partial charge in [0, 0.05) is 50.3 Å². The van der Waals surface area contributed by atoms with Crippen molar-refractivity contribution in [3.63, 3.8) is 0 Å². The lowest BCUT2D eigenvalue weighted by molar-refractivity contribution is -0.159. The maximum atomic E-state index is 12.9. The van der Waals surface area contributed by atoms with Gasteiger partial charge in [0.1, 0.15) is 11.5 Å². The third-order valence-corrected chi connectivity index (χ3v) is 6.13. The van der Waals surface area contributed by atoms with Crippen LogP contribution in [0, 0.1) is 5.92 Å². The van der Waals surface area contributed by atoms with Gasteiger partial charge in [-0.15, -0.1) is 0 Å². The second-order valence-corrected chi connectivity index (χ2v) is 8.35. The molecule has 0 aliphatic carbocycles. The summed E-state index contributed by atoms with van der Waals surface area (Å²) in [5, 5.41) is 14.8. The fraction of sp³-hybridized carbons (Fsp3) is 0.583. The molecule has 0 spiro atoms. The van der Waals surface area contributed by atoms with Crippen LogP contribution in [0.2, 0.25) is 0 Å². The van der Waals surface area contributed by atoms with E-state index in [1.165, 1.54) is 0 Å². The van der Waals surface area contributed by atoms with Crippen LogP contribution in [0.25, 0.3) is 0 Å². The number of methoxy groups -OCH3 is 2. The molecule has 1 aromatic carbocycles. The summed E-state index contributed by atoms with van der Waals surface area (Å²) < 4.78 is 15.8. The maximum absolute atomic E-state index is 12.9. The highest BCUT2D eigenvalue weighted by molar-refractivity contribution is 6.27. The van der Waals surface area contributed by atoms with Gasteiger partial charge in [-0.3, -0.25) is 9.69 Å². The van der Waals surface area contributed by atoms with Gasteiger partial charge in [-0.05, 0) is 38.9 Å². The van der Waals surface area contributed by atoms with Gasteiger partial charge in [0.05, 0.1) is 20.8 Å². The first-order chi connectivity index (χ1) is 17.2. The van der Waals surface area contributed by atoms with Gasteiger partial charge < -0.3 is 34.2 Å². The van der Waals surface area contributed by atoms with Gasteiger partial charge >= 0.3 is 18.0 Å². The maximum Gasteiger partial charge on any atom is 0.414 e. The first-order valence-corrected chi connectivity index (χ1v) is 11.8. The number of piperazine rings is 1. The molecular formula is C24H35N3O9. The highest BCUT2D eigenvalue weighted by Crippen LogP contribution is 2.28. The van der Waals surface area contributed by atoms with E-state index in [1.54, 1.807) is 26.0 Å². The number of carboxylic acids is 2. The number of amides is 2. The summed E-state index contributed by atoms with van der Waals surface area (Å²) >= 11 is 0. The molecule has 2 heterocycles. The number of nitrogens with zero attached hydrogens (tertiary/aromatic N) is 3. The number of aliphatic carboxylic acids is 2. The minimum Gasteiger partial charge on any atom is -0.497 e. The van der Waals surface area contributed by atoms with Crippen LogP contribution >= 0.6 is 0 Å². The van der Waals surface area contributed by atoms with Gasteiger partial charge in [-0.1, -0.05) is 6.07 Å². The summed E-state index contributed by atoms with van der Waals surface area (Å²) in [5.41, 5.74) is 1.12. The van der Waals surface area contributed by atoms with Gasteiger partial charge in [0.15, 0.2) is 0 Å². The number of likely N-dealkylation sites (tertiary alicyclic amines) is 1. The Bertz CT molecular complexity index is 896. The Balaban J connectivity index is 0.000000678. The Morgan fingerprint density at radius 2 is 1.47 bits per heavy atom. The Kier molecular flexibility index (Phi) is 11.3. The lowest BCUT2D eigenvalue weighted by Crippen LogP contribution is -2.53. The molecule has 3 rings (SSSR count). The van der Waals surface area contributed by atoms with Crippen molar-refractivity contribution in [1.82, 2.24) is 14.7 Å². The van der Waals surface area contributed by atoms with E-state index < -0.39 is 11.9 Å². The minimum atomic E-state index is -1.82. The molecule has 2 N–H and O–H groups in total. The van der Waals surface area contributed by atoms with Crippen molar-refractivity contribution in [2.24, 2.45) is 5.92 Å². The molecule has 0 unspecified atom stereocenters. The first kappa shape index (κ1) is 28.7. The van der Waals surface area contributed by atoms with Crippen molar-refractivity contribution in [3.05, 3.63) is 23.8 Å². The molecule has 2 aliphatic heterocycles. The third kappa shape index (κ3) is 8.29. The molecule has 200 valence electrons. The number of rotatable bonds is 6. The smallest absolute Gasteiger partial charge is 0.414 e. The number of piperidine rings is 1. The van der Waals surface area contributed by atoms with Crippen molar-refractivity contribution in [2.75, 3.05) is 60.1 Å². The van der Waals surface area contributed by atoms with E-state index in [4.69, 9.17) is 34.0 Å². The van der Waals surface area contributed by atoms with Crippen LogP contribution in [0.5, 0.6) is 11.5 Å². The molecule has 0 radical (unpaired) electrons. The SMILES string of the molecule is CCOC(=O)N1CCN(C(=O)C2CCN(Cc3ccc(OC)cc3OC)CC2)CC1.O=C(O)C(=O)O. The van der Waals surface area contributed by atoms with Crippen molar-refractivity contribution < 1.29 is 43.6 Å². The first-order valence-electron chi connectivity index (χ1n) is 11.8. The molecule has 36 heavy (non-hydrogen) atoms. The number of ether oxygens (including phenoxy) is 3. The monoisotopic (exact) mass is 509 g/mol. The molecule has 0 atom stereocenters. The number of hydrogen-bond acceptors (Lipinski definition) is 8. The Hall–Kier alpha value is -3.54. The summed E-state index contributed by atoms with van der Waals surface area (Å²) in [6.45, 7) is 6.99. The van der Waals surface area contributed by atoms with Crippen LogP contribution in [0.3, 0.4) is 0 Å². The van der Waals surface area contributed by atoms with E-state index in [9.17, 15) is 9.59 Å². The molecule has 0 aromatic heterocycles. The quantitative estimate of drug-likeness (QED) is 0.539. The Morgan fingerprint density at radius 3 is 1.97 bits per heavy atom.